The maximum absolute atomic E-state index is 12.8. The Morgan fingerprint density at radius 3 is 2.81 bits per heavy atom. The lowest BCUT2D eigenvalue weighted by Gasteiger charge is -2.28. The molecule has 2 amide bonds. The number of aromatic nitrogens is 1. The van der Waals surface area contributed by atoms with Crippen molar-refractivity contribution in [3.8, 4) is 0 Å². The number of amides is 2. The third-order valence-electron chi connectivity index (χ3n) is 6.32. The number of urea groups is 1. The van der Waals surface area contributed by atoms with Gasteiger partial charge < -0.3 is 20.7 Å². The molecule has 2 aromatic carbocycles. The summed E-state index contributed by atoms with van der Waals surface area (Å²) in [4.78, 5) is 31.4. The van der Waals surface area contributed by atoms with Crippen LogP contribution in [0.5, 0.6) is 0 Å². The van der Waals surface area contributed by atoms with Crippen molar-refractivity contribution in [1.29, 1.82) is 0 Å². The number of carbonyl (C=O) groups excluding carboxylic acids is 2. The van der Waals surface area contributed by atoms with Gasteiger partial charge in [0.15, 0.2) is 0 Å². The van der Waals surface area contributed by atoms with Gasteiger partial charge >= 0.3 is 12.0 Å². The standard InChI is InChI=1S/C29H35ClN4O3/c1-4-21-7-5-8-23(28(21)30)18-33-29(36)34(3)26(9-6-14-31)19-37-27(35)13-12-25-16-24-15-20(2)10-11-22(24)17-32-25/h4-5,7-8,10-11,15-17,26H,1,6,9,12-14,18-19,31H2,2-3H3,(H,33,36)/t26-/m0/s1. The highest BCUT2D eigenvalue weighted by Gasteiger charge is 2.21. The van der Waals surface area contributed by atoms with Crippen molar-refractivity contribution in [2.24, 2.45) is 5.73 Å². The third-order valence-corrected chi connectivity index (χ3v) is 6.78. The average Bonchev–Trinajstić information content (AvgIpc) is 2.90. The minimum absolute atomic E-state index is 0.0970. The molecule has 0 aliphatic heterocycles. The molecule has 0 spiro atoms. The van der Waals surface area contributed by atoms with Gasteiger partial charge in [-0.25, -0.2) is 4.79 Å². The molecule has 0 radical (unpaired) electrons. The number of ether oxygens (including phenoxy) is 1. The summed E-state index contributed by atoms with van der Waals surface area (Å²) in [6.45, 7) is 6.65. The number of halogens is 1. The van der Waals surface area contributed by atoms with E-state index in [4.69, 9.17) is 22.1 Å². The van der Waals surface area contributed by atoms with Gasteiger partial charge in [-0.15, -0.1) is 0 Å². The van der Waals surface area contributed by atoms with E-state index in [0.29, 0.717) is 30.8 Å². The summed E-state index contributed by atoms with van der Waals surface area (Å²) in [5.74, 6) is -0.328. The van der Waals surface area contributed by atoms with E-state index in [1.807, 2.05) is 43.5 Å². The Labute approximate surface area is 223 Å². The molecule has 3 rings (SSSR count). The molecule has 1 aromatic heterocycles. The number of hydrogen-bond acceptors (Lipinski definition) is 5. The van der Waals surface area contributed by atoms with E-state index in [-0.39, 0.29) is 37.6 Å². The van der Waals surface area contributed by atoms with Crippen molar-refractivity contribution < 1.29 is 14.3 Å². The molecule has 3 aromatic rings. The second kappa shape index (κ2) is 13.8. The fraction of sp³-hybridized carbons (Fsp3) is 0.345. The molecule has 0 saturated carbocycles. The van der Waals surface area contributed by atoms with Gasteiger partial charge in [0.1, 0.15) is 6.61 Å². The van der Waals surface area contributed by atoms with Gasteiger partial charge in [-0.3, -0.25) is 9.78 Å². The molecule has 7 nitrogen and oxygen atoms in total. The second-order valence-corrected chi connectivity index (χ2v) is 9.47. The van der Waals surface area contributed by atoms with E-state index in [1.54, 1.807) is 18.0 Å². The van der Waals surface area contributed by atoms with Crippen molar-refractivity contribution in [3.05, 3.63) is 82.6 Å². The lowest BCUT2D eigenvalue weighted by Crippen LogP contribution is -2.46. The minimum Gasteiger partial charge on any atom is -0.463 e. The summed E-state index contributed by atoms with van der Waals surface area (Å²) < 4.78 is 5.55. The predicted octanol–water partition coefficient (Wildman–Crippen LogP) is 5.26. The van der Waals surface area contributed by atoms with Gasteiger partial charge in [0, 0.05) is 37.3 Å². The number of nitrogens with one attached hydrogen (secondary N) is 1. The molecule has 0 aliphatic rings. The first-order valence-corrected chi connectivity index (χ1v) is 12.8. The monoisotopic (exact) mass is 522 g/mol. The molecule has 0 fully saturated rings. The van der Waals surface area contributed by atoms with Crippen LogP contribution in [0.1, 0.15) is 41.6 Å². The molecule has 0 saturated heterocycles. The number of likely N-dealkylation sites (N-methyl/N-ethyl adjacent to an activating group) is 1. The maximum Gasteiger partial charge on any atom is 0.317 e. The SMILES string of the molecule is C=Cc1cccc(CNC(=O)N(C)[C@@H](CCCN)COC(=O)CCc2cc3cc(C)ccc3cn2)c1Cl. The average molecular weight is 523 g/mol. The number of aryl methyl sites for hydroxylation is 2. The van der Waals surface area contributed by atoms with Crippen LogP contribution in [0.3, 0.4) is 0 Å². The van der Waals surface area contributed by atoms with Crippen LogP contribution in [0.2, 0.25) is 5.02 Å². The predicted molar refractivity (Wildman–Crippen MR) is 149 cm³/mol. The van der Waals surface area contributed by atoms with Crippen LogP contribution in [0.15, 0.2) is 55.2 Å². The Morgan fingerprint density at radius 1 is 1.24 bits per heavy atom. The van der Waals surface area contributed by atoms with E-state index in [9.17, 15) is 9.59 Å². The fourth-order valence-electron chi connectivity index (χ4n) is 4.03. The van der Waals surface area contributed by atoms with Gasteiger partial charge in [-0.1, -0.05) is 66.2 Å². The van der Waals surface area contributed by atoms with E-state index in [2.05, 4.69) is 29.0 Å². The number of nitrogens with two attached hydrogens (primary N) is 1. The molecular formula is C29H35ClN4O3. The molecular weight excluding hydrogens is 488 g/mol. The zero-order valence-electron chi connectivity index (χ0n) is 21.5. The molecule has 37 heavy (non-hydrogen) atoms. The molecule has 1 heterocycles. The van der Waals surface area contributed by atoms with Crippen LogP contribution < -0.4 is 11.1 Å². The van der Waals surface area contributed by atoms with Crippen LogP contribution in [-0.4, -0.2) is 48.1 Å². The van der Waals surface area contributed by atoms with Crippen LogP contribution in [0.25, 0.3) is 16.8 Å². The lowest BCUT2D eigenvalue weighted by molar-refractivity contribution is -0.145. The number of carbonyl (C=O) groups is 2. The summed E-state index contributed by atoms with van der Waals surface area (Å²) in [5, 5.41) is 5.62. The quantitative estimate of drug-likeness (QED) is 0.316. The number of nitrogens with zero attached hydrogens (tertiary/aromatic N) is 2. The number of benzene rings is 2. The lowest BCUT2D eigenvalue weighted by atomic mass is 10.1. The van der Waals surface area contributed by atoms with Crippen molar-refractivity contribution in [1.82, 2.24) is 15.2 Å². The van der Waals surface area contributed by atoms with E-state index < -0.39 is 0 Å². The molecule has 0 bridgehead atoms. The highest BCUT2D eigenvalue weighted by Crippen LogP contribution is 2.22. The van der Waals surface area contributed by atoms with Gasteiger partial charge in [0.2, 0.25) is 0 Å². The first-order valence-electron chi connectivity index (χ1n) is 12.4. The molecule has 0 unspecified atom stereocenters. The van der Waals surface area contributed by atoms with Crippen LogP contribution >= 0.6 is 11.6 Å². The van der Waals surface area contributed by atoms with Crippen molar-refractivity contribution >= 4 is 40.4 Å². The Kier molecular flexibility index (Phi) is 10.5. The Hall–Kier alpha value is -3.42. The zero-order valence-corrected chi connectivity index (χ0v) is 22.3. The largest absolute Gasteiger partial charge is 0.463 e. The normalized spacial score (nSPS) is 11.7. The molecule has 8 heteroatoms. The second-order valence-electron chi connectivity index (χ2n) is 9.09. The van der Waals surface area contributed by atoms with Crippen molar-refractivity contribution in [2.75, 3.05) is 20.2 Å². The van der Waals surface area contributed by atoms with E-state index in [0.717, 1.165) is 27.6 Å². The first kappa shape index (κ1) is 28.2. The number of rotatable bonds is 12. The van der Waals surface area contributed by atoms with Crippen molar-refractivity contribution in [3.63, 3.8) is 0 Å². The van der Waals surface area contributed by atoms with E-state index in [1.165, 1.54) is 5.56 Å². The molecule has 1 atom stereocenters. The minimum atomic E-state index is -0.328. The van der Waals surface area contributed by atoms with Crippen LogP contribution in [0.4, 0.5) is 4.79 Å². The van der Waals surface area contributed by atoms with Gasteiger partial charge in [-0.05, 0) is 48.9 Å². The molecule has 196 valence electrons. The highest BCUT2D eigenvalue weighted by molar-refractivity contribution is 6.32. The first-order chi connectivity index (χ1) is 17.8. The Balaban J connectivity index is 1.53. The maximum atomic E-state index is 12.8. The van der Waals surface area contributed by atoms with E-state index >= 15 is 0 Å². The smallest absolute Gasteiger partial charge is 0.317 e. The van der Waals surface area contributed by atoms with Crippen LogP contribution in [0, 0.1) is 6.92 Å². The third kappa shape index (κ3) is 8.03. The van der Waals surface area contributed by atoms with Crippen molar-refractivity contribution in [2.45, 2.75) is 45.2 Å². The zero-order chi connectivity index (χ0) is 26.8. The molecule has 0 aliphatic carbocycles. The topological polar surface area (TPSA) is 97.5 Å². The number of esters is 1. The van der Waals surface area contributed by atoms with Gasteiger partial charge in [-0.2, -0.15) is 0 Å². The Bertz CT molecular complexity index is 1250. The number of hydrogen-bond donors (Lipinski definition) is 2. The molecule has 3 N–H and O–H groups in total. The summed E-state index contributed by atoms with van der Waals surface area (Å²) in [5.41, 5.74) is 9.31. The van der Waals surface area contributed by atoms with Gasteiger partial charge in [0.25, 0.3) is 0 Å². The van der Waals surface area contributed by atoms with Crippen LogP contribution in [-0.2, 0) is 22.5 Å². The number of fused-ring (bicyclic) bond motifs is 1. The highest BCUT2D eigenvalue weighted by atomic mass is 35.5. The Morgan fingerprint density at radius 2 is 2.05 bits per heavy atom. The summed E-state index contributed by atoms with van der Waals surface area (Å²) in [6.07, 6.45) is 5.51. The summed E-state index contributed by atoms with van der Waals surface area (Å²) in [6, 6.07) is 13.2. The van der Waals surface area contributed by atoms with Gasteiger partial charge in [0.05, 0.1) is 17.5 Å². The fourth-order valence-corrected chi connectivity index (χ4v) is 4.30. The summed E-state index contributed by atoms with van der Waals surface area (Å²) >= 11 is 6.39. The number of pyridine rings is 1. The summed E-state index contributed by atoms with van der Waals surface area (Å²) in [7, 11) is 1.69.